The highest BCUT2D eigenvalue weighted by atomic mass is 16.6. The van der Waals surface area contributed by atoms with Gasteiger partial charge in [0.2, 0.25) is 5.91 Å². The topological polar surface area (TPSA) is 81.4 Å². The lowest BCUT2D eigenvalue weighted by atomic mass is 10.0. The molecule has 0 saturated heterocycles. The molecule has 0 fully saturated rings. The normalized spacial score (nSPS) is 12.0. The molecule has 6 nitrogen and oxygen atoms in total. The largest absolute Gasteiger partial charge is 0.456 e. The molecule has 0 radical (unpaired) electrons. The molecule has 1 heterocycles. The van der Waals surface area contributed by atoms with Gasteiger partial charge in [0.1, 0.15) is 6.04 Å². The summed E-state index contributed by atoms with van der Waals surface area (Å²) in [5.41, 5.74) is 1.61. The molecule has 0 saturated carbocycles. The maximum absolute atomic E-state index is 12.3. The molecule has 2 aromatic rings. The van der Waals surface area contributed by atoms with Crippen molar-refractivity contribution in [1.29, 1.82) is 0 Å². The summed E-state index contributed by atoms with van der Waals surface area (Å²) < 4.78 is 10.2. The Balaban J connectivity index is 1.90. The number of aryl methyl sites for hydroxylation is 1. The van der Waals surface area contributed by atoms with E-state index in [1.54, 1.807) is 13.0 Å². The van der Waals surface area contributed by atoms with Crippen molar-refractivity contribution in [1.82, 2.24) is 10.5 Å². The Morgan fingerprint density at radius 1 is 1.25 bits per heavy atom. The first-order valence-corrected chi connectivity index (χ1v) is 7.88. The molecule has 24 heavy (non-hydrogen) atoms. The van der Waals surface area contributed by atoms with Gasteiger partial charge in [0.25, 0.3) is 0 Å². The van der Waals surface area contributed by atoms with Crippen LogP contribution in [0.15, 0.2) is 40.9 Å². The monoisotopic (exact) mass is 330 g/mol. The van der Waals surface area contributed by atoms with Crippen molar-refractivity contribution in [3.63, 3.8) is 0 Å². The number of ether oxygens (including phenoxy) is 1. The minimum absolute atomic E-state index is 0.00253. The number of nitrogens with zero attached hydrogens (tertiary/aromatic N) is 1. The maximum Gasteiger partial charge on any atom is 0.329 e. The fourth-order valence-electron chi connectivity index (χ4n) is 2.22. The van der Waals surface area contributed by atoms with Crippen molar-refractivity contribution in [3.05, 3.63) is 53.4 Å². The average molecular weight is 330 g/mol. The number of hydrogen-bond donors (Lipinski definition) is 1. The zero-order chi connectivity index (χ0) is 17.5. The second-order valence-corrected chi connectivity index (χ2v) is 5.99. The highest BCUT2D eigenvalue weighted by Gasteiger charge is 2.26. The predicted octanol–water partition coefficient (Wildman–Crippen LogP) is 2.41. The van der Waals surface area contributed by atoms with E-state index in [0.29, 0.717) is 5.76 Å². The molecule has 128 valence electrons. The van der Waals surface area contributed by atoms with E-state index in [2.05, 4.69) is 10.5 Å². The van der Waals surface area contributed by atoms with Crippen LogP contribution in [0.3, 0.4) is 0 Å². The summed E-state index contributed by atoms with van der Waals surface area (Å²) in [5, 5.41) is 6.48. The molecule has 6 heteroatoms. The highest BCUT2D eigenvalue weighted by molar-refractivity contribution is 5.85. The Morgan fingerprint density at radius 2 is 1.96 bits per heavy atom. The number of carbonyl (C=O) groups excluding carboxylic acids is 2. The van der Waals surface area contributed by atoms with Gasteiger partial charge in [0, 0.05) is 6.07 Å². The SMILES string of the molecule is Cc1cc(COC(=O)[C@H](NC(=O)Cc2ccccc2)C(C)C)on1. The van der Waals surface area contributed by atoms with Crippen molar-refractivity contribution in [2.75, 3.05) is 0 Å². The predicted molar refractivity (Wildman–Crippen MR) is 88.0 cm³/mol. The van der Waals surface area contributed by atoms with E-state index in [1.807, 2.05) is 44.2 Å². The number of benzene rings is 1. The lowest BCUT2D eigenvalue weighted by Crippen LogP contribution is -2.45. The molecule has 0 spiro atoms. The van der Waals surface area contributed by atoms with Crippen molar-refractivity contribution in [3.8, 4) is 0 Å². The number of carbonyl (C=O) groups is 2. The van der Waals surface area contributed by atoms with Gasteiger partial charge in [-0.05, 0) is 18.4 Å². The van der Waals surface area contributed by atoms with Gasteiger partial charge in [-0.2, -0.15) is 0 Å². The molecule has 2 rings (SSSR count). The Bertz CT molecular complexity index is 679. The summed E-state index contributed by atoms with van der Waals surface area (Å²) in [6, 6.07) is 10.4. The zero-order valence-electron chi connectivity index (χ0n) is 14.1. The van der Waals surface area contributed by atoms with Crippen molar-refractivity contribution in [2.45, 2.75) is 39.8 Å². The lowest BCUT2D eigenvalue weighted by molar-refractivity contribution is -0.151. The molecule has 0 aliphatic heterocycles. The van der Waals surface area contributed by atoms with Crippen LogP contribution in [0, 0.1) is 12.8 Å². The first-order valence-electron chi connectivity index (χ1n) is 7.88. The van der Waals surface area contributed by atoms with E-state index in [1.165, 1.54) is 0 Å². The van der Waals surface area contributed by atoms with Crippen LogP contribution >= 0.6 is 0 Å². The molecule has 1 amide bonds. The number of nitrogens with one attached hydrogen (secondary N) is 1. The first-order chi connectivity index (χ1) is 11.5. The first kappa shape index (κ1) is 17.7. The summed E-state index contributed by atoms with van der Waals surface area (Å²) in [7, 11) is 0. The molecule has 1 aromatic carbocycles. The standard InChI is InChI=1S/C18H22N2O4/c1-12(2)17(18(22)23-11-15-9-13(3)20-24-15)19-16(21)10-14-7-5-4-6-8-14/h4-9,12,17H,10-11H2,1-3H3,(H,19,21)/t17-/m1/s1. The average Bonchev–Trinajstić information content (AvgIpc) is 2.96. The smallest absolute Gasteiger partial charge is 0.329 e. The molecule has 0 bridgehead atoms. The third-order valence-corrected chi connectivity index (χ3v) is 3.48. The zero-order valence-corrected chi connectivity index (χ0v) is 14.1. The summed E-state index contributed by atoms with van der Waals surface area (Å²) in [6.45, 7) is 5.49. The van der Waals surface area contributed by atoms with Gasteiger partial charge < -0.3 is 14.6 Å². The molecular weight excluding hydrogens is 308 g/mol. The highest BCUT2D eigenvalue weighted by Crippen LogP contribution is 2.09. The summed E-state index contributed by atoms with van der Waals surface area (Å²) in [4.78, 5) is 24.4. The minimum atomic E-state index is -0.703. The second-order valence-electron chi connectivity index (χ2n) is 5.99. The van der Waals surface area contributed by atoms with Crippen LogP contribution in [0.4, 0.5) is 0 Å². The van der Waals surface area contributed by atoms with Crippen LogP contribution < -0.4 is 5.32 Å². The lowest BCUT2D eigenvalue weighted by Gasteiger charge is -2.20. The van der Waals surface area contributed by atoms with Crippen molar-refractivity contribution < 1.29 is 18.8 Å². The van der Waals surface area contributed by atoms with Crippen LogP contribution in [-0.2, 0) is 27.4 Å². The van der Waals surface area contributed by atoms with Gasteiger partial charge in [-0.1, -0.05) is 49.3 Å². The van der Waals surface area contributed by atoms with Gasteiger partial charge in [0.15, 0.2) is 12.4 Å². The fourth-order valence-corrected chi connectivity index (χ4v) is 2.22. The Labute approximate surface area is 141 Å². The van der Waals surface area contributed by atoms with Crippen LogP contribution in [0.25, 0.3) is 0 Å². The Hall–Kier alpha value is -2.63. The number of hydrogen-bond acceptors (Lipinski definition) is 5. The molecule has 1 aromatic heterocycles. The van der Waals surface area contributed by atoms with E-state index < -0.39 is 12.0 Å². The van der Waals surface area contributed by atoms with Gasteiger partial charge in [-0.3, -0.25) is 4.79 Å². The third kappa shape index (κ3) is 5.22. The van der Waals surface area contributed by atoms with E-state index in [-0.39, 0.29) is 24.9 Å². The van der Waals surface area contributed by atoms with Crippen molar-refractivity contribution in [2.24, 2.45) is 5.92 Å². The second kappa shape index (κ2) is 8.29. The Morgan fingerprint density at radius 3 is 2.54 bits per heavy atom. The Kier molecular flexibility index (Phi) is 6.12. The van der Waals surface area contributed by atoms with Crippen LogP contribution in [0.2, 0.25) is 0 Å². The molecule has 1 N–H and O–H groups in total. The molecule has 0 aliphatic carbocycles. The quantitative estimate of drug-likeness (QED) is 0.789. The number of rotatable bonds is 7. The van der Waals surface area contributed by atoms with Gasteiger partial charge in [-0.15, -0.1) is 0 Å². The van der Waals surface area contributed by atoms with Crippen LogP contribution in [0.1, 0.15) is 30.9 Å². The van der Waals surface area contributed by atoms with E-state index in [9.17, 15) is 9.59 Å². The van der Waals surface area contributed by atoms with E-state index in [0.717, 1.165) is 11.3 Å². The van der Waals surface area contributed by atoms with E-state index in [4.69, 9.17) is 9.26 Å². The van der Waals surface area contributed by atoms with E-state index >= 15 is 0 Å². The third-order valence-electron chi connectivity index (χ3n) is 3.48. The summed E-state index contributed by atoms with van der Waals surface area (Å²) in [5.74, 6) is -0.319. The van der Waals surface area contributed by atoms with Gasteiger partial charge in [0.05, 0.1) is 12.1 Å². The van der Waals surface area contributed by atoms with Gasteiger partial charge >= 0.3 is 5.97 Å². The van der Waals surface area contributed by atoms with Crippen LogP contribution in [-0.4, -0.2) is 23.1 Å². The summed E-state index contributed by atoms with van der Waals surface area (Å²) >= 11 is 0. The fraction of sp³-hybridized carbons (Fsp3) is 0.389. The molecule has 1 atom stereocenters. The molecule has 0 aliphatic rings. The maximum atomic E-state index is 12.3. The minimum Gasteiger partial charge on any atom is -0.456 e. The number of amides is 1. The summed E-state index contributed by atoms with van der Waals surface area (Å²) in [6.07, 6.45) is 0.221. The number of esters is 1. The van der Waals surface area contributed by atoms with Gasteiger partial charge in [-0.25, -0.2) is 4.79 Å². The van der Waals surface area contributed by atoms with Crippen LogP contribution in [0.5, 0.6) is 0 Å². The molecule has 0 unspecified atom stereocenters. The van der Waals surface area contributed by atoms with Crippen molar-refractivity contribution >= 4 is 11.9 Å². The molecular formula is C18H22N2O4. The number of aromatic nitrogens is 1.